The van der Waals surface area contributed by atoms with E-state index in [-0.39, 0.29) is 11.4 Å². The van der Waals surface area contributed by atoms with Gasteiger partial charge < -0.3 is 16.2 Å². The molecule has 0 heterocycles. The molecule has 24 heavy (non-hydrogen) atoms. The summed E-state index contributed by atoms with van der Waals surface area (Å²) in [6.07, 6.45) is 0. The minimum atomic E-state index is -0.940. The molecule has 0 fully saturated rings. The van der Waals surface area contributed by atoms with Crippen molar-refractivity contribution in [3.8, 4) is 0 Å². The summed E-state index contributed by atoms with van der Waals surface area (Å²) in [5.41, 5.74) is 8.25. The van der Waals surface area contributed by atoms with Gasteiger partial charge in [-0.2, -0.15) is 0 Å². The summed E-state index contributed by atoms with van der Waals surface area (Å²) in [5.74, 6) is -0.779. The molecule has 128 valence electrons. The van der Waals surface area contributed by atoms with Crippen molar-refractivity contribution >= 4 is 17.6 Å². The molecule has 0 saturated carbocycles. The maximum atomic E-state index is 12.8. The molecule has 2 aromatic rings. The summed E-state index contributed by atoms with van der Waals surface area (Å²) >= 11 is 5.60. The lowest BCUT2D eigenvalue weighted by Gasteiger charge is -2.07. The third-order valence-electron chi connectivity index (χ3n) is 3.25. The summed E-state index contributed by atoms with van der Waals surface area (Å²) in [6, 6.07) is 9.47. The fraction of sp³-hybridized carbons (Fsp3) is 0.167. The highest BCUT2D eigenvalue weighted by molar-refractivity contribution is 6.30. The zero-order valence-electron chi connectivity index (χ0n) is 13.6. The van der Waals surface area contributed by atoms with Crippen LogP contribution in [0.3, 0.4) is 0 Å². The first-order valence-electron chi connectivity index (χ1n) is 7.13. The number of rotatable bonds is 4. The predicted octanol–water partition coefficient (Wildman–Crippen LogP) is 4.00. The van der Waals surface area contributed by atoms with Crippen molar-refractivity contribution in [1.82, 2.24) is 5.32 Å². The molecule has 0 aromatic heterocycles. The highest BCUT2D eigenvalue weighted by Gasteiger charge is 2.06. The van der Waals surface area contributed by atoms with Gasteiger partial charge in [0.1, 0.15) is 5.82 Å². The van der Waals surface area contributed by atoms with Gasteiger partial charge >= 0.3 is 5.97 Å². The van der Waals surface area contributed by atoms with E-state index in [0.29, 0.717) is 17.4 Å². The third-order valence-corrected chi connectivity index (χ3v) is 3.48. The van der Waals surface area contributed by atoms with E-state index < -0.39 is 5.97 Å². The summed E-state index contributed by atoms with van der Waals surface area (Å²) in [4.78, 5) is 10.5. The van der Waals surface area contributed by atoms with Crippen LogP contribution >= 0.6 is 11.6 Å². The summed E-state index contributed by atoms with van der Waals surface area (Å²) in [5, 5.41) is 11.9. The minimum Gasteiger partial charge on any atom is -0.478 e. The van der Waals surface area contributed by atoms with Crippen LogP contribution in [0.25, 0.3) is 0 Å². The topological polar surface area (TPSA) is 75.3 Å². The van der Waals surface area contributed by atoms with Crippen molar-refractivity contribution in [2.24, 2.45) is 5.73 Å². The zero-order valence-corrected chi connectivity index (χ0v) is 14.3. The smallest absolute Gasteiger partial charge is 0.336 e. The largest absolute Gasteiger partial charge is 0.478 e. The molecule has 0 bridgehead atoms. The Kier molecular flexibility index (Phi) is 7.27. The molecular formula is C18H20ClFN2O2. The van der Waals surface area contributed by atoms with Gasteiger partial charge in [-0.05, 0) is 54.8 Å². The van der Waals surface area contributed by atoms with Crippen molar-refractivity contribution in [3.63, 3.8) is 0 Å². The van der Waals surface area contributed by atoms with Gasteiger partial charge in [-0.25, -0.2) is 9.18 Å². The molecule has 0 spiro atoms. The number of aromatic carboxylic acids is 1. The van der Waals surface area contributed by atoms with Gasteiger partial charge in [0, 0.05) is 11.6 Å². The Morgan fingerprint density at radius 1 is 1.25 bits per heavy atom. The highest BCUT2D eigenvalue weighted by atomic mass is 35.5. The lowest BCUT2D eigenvalue weighted by molar-refractivity contribution is 0.0696. The molecule has 6 heteroatoms. The maximum Gasteiger partial charge on any atom is 0.336 e. The van der Waals surface area contributed by atoms with Crippen LogP contribution in [0.5, 0.6) is 0 Å². The molecular weight excluding hydrogens is 331 g/mol. The van der Waals surface area contributed by atoms with E-state index in [1.54, 1.807) is 25.1 Å². The van der Waals surface area contributed by atoms with Gasteiger partial charge in [-0.3, -0.25) is 0 Å². The van der Waals surface area contributed by atoms with Crippen LogP contribution < -0.4 is 11.1 Å². The lowest BCUT2D eigenvalue weighted by atomic mass is 10.1. The predicted molar refractivity (Wildman–Crippen MR) is 94.5 cm³/mol. The Morgan fingerprint density at radius 3 is 2.42 bits per heavy atom. The average Bonchev–Trinajstić information content (AvgIpc) is 2.51. The van der Waals surface area contributed by atoms with Crippen molar-refractivity contribution < 1.29 is 14.3 Å². The first-order chi connectivity index (χ1) is 11.2. The number of hydrogen-bond donors (Lipinski definition) is 3. The van der Waals surface area contributed by atoms with E-state index >= 15 is 0 Å². The number of carboxylic acid groups (broad SMARTS) is 1. The Morgan fingerprint density at radius 2 is 1.88 bits per heavy atom. The minimum absolute atomic E-state index is 0.231. The number of nitrogens with two attached hydrogens (primary N) is 1. The molecule has 0 radical (unpaired) electrons. The second-order valence-electron chi connectivity index (χ2n) is 5.21. The summed E-state index contributed by atoms with van der Waals surface area (Å²) in [6.45, 7) is 7.67. The van der Waals surface area contributed by atoms with Crippen molar-refractivity contribution in [1.29, 1.82) is 0 Å². The molecule has 2 aromatic carbocycles. The number of carboxylic acids is 1. The third kappa shape index (κ3) is 6.30. The van der Waals surface area contributed by atoms with Crippen LogP contribution in [-0.4, -0.2) is 11.1 Å². The fourth-order valence-electron chi connectivity index (χ4n) is 1.86. The summed E-state index contributed by atoms with van der Waals surface area (Å²) in [7, 11) is 0. The molecule has 0 aliphatic heterocycles. The van der Waals surface area contributed by atoms with E-state index in [0.717, 1.165) is 16.7 Å². The average molecular weight is 351 g/mol. The molecule has 0 aliphatic rings. The highest BCUT2D eigenvalue weighted by Crippen LogP contribution is 2.14. The fourth-order valence-corrected chi connectivity index (χ4v) is 2.04. The zero-order chi connectivity index (χ0) is 18.3. The molecule has 0 atom stereocenters. The van der Waals surface area contributed by atoms with Crippen molar-refractivity contribution in [2.75, 3.05) is 0 Å². The molecule has 0 amide bonds. The van der Waals surface area contributed by atoms with E-state index in [1.165, 1.54) is 18.2 Å². The molecule has 4 nitrogen and oxygen atoms in total. The van der Waals surface area contributed by atoms with Gasteiger partial charge in [0.05, 0.1) is 11.4 Å². The van der Waals surface area contributed by atoms with E-state index in [9.17, 15) is 9.18 Å². The Bertz CT molecular complexity index is 748. The standard InChI is InChI=1S/C10H13FN2.C8H7ClO2/c1-7-3-4-10(11)5-9(7)6-13-8(2)12;1-5-2-3-6(9)4-7(5)8(10)11/h3-5,13H,2,6,12H2,1H3;2-4H,1H3,(H,10,11). The van der Waals surface area contributed by atoms with E-state index in [4.69, 9.17) is 22.4 Å². The normalized spacial score (nSPS) is 9.67. The van der Waals surface area contributed by atoms with Crippen molar-refractivity contribution in [2.45, 2.75) is 20.4 Å². The van der Waals surface area contributed by atoms with Crippen molar-refractivity contribution in [3.05, 3.63) is 81.9 Å². The number of hydrogen-bond acceptors (Lipinski definition) is 3. The number of benzene rings is 2. The van der Waals surface area contributed by atoms with Crippen LogP contribution in [0.15, 0.2) is 48.8 Å². The molecule has 2 rings (SSSR count). The van der Waals surface area contributed by atoms with Gasteiger partial charge in [0.25, 0.3) is 0 Å². The van der Waals surface area contributed by atoms with Crippen LogP contribution in [-0.2, 0) is 6.54 Å². The Labute approximate surface area is 145 Å². The number of aryl methyl sites for hydroxylation is 2. The Hall–Kier alpha value is -2.53. The van der Waals surface area contributed by atoms with Gasteiger partial charge in [0.2, 0.25) is 0 Å². The molecule has 0 unspecified atom stereocenters. The second kappa shape index (κ2) is 8.93. The first-order valence-corrected chi connectivity index (χ1v) is 7.51. The van der Waals surface area contributed by atoms with Crippen LogP contribution in [0, 0.1) is 19.7 Å². The lowest BCUT2D eigenvalue weighted by Crippen LogP contribution is -2.18. The molecule has 4 N–H and O–H groups in total. The number of nitrogens with one attached hydrogen (secondary N) is 1. The SMILES string of the molecule is C=C(N)NCc1cc(F)ccc1C.Cc1ccc(Cl)cc1C(=O)O. The maximum absolute atomic E-state index is 12.8. The van der Waals surface area contributed by atoms with Gasteiger partial charge in [0.15, 0.2) is 0 Å². The quantitative estimate of drug-likeness (QED) is 0.779. The van der Waals surface area contributed by atoms with Crippen LogP contribution in [0.2, 0.25) is 5.02 Å². The second-order valence-corrected chi connectivity index (χ2v) is 5.65. The van der Waals surface area contributed by atoms with Crippen LogP contribution in [0.1, 0.15) is 27.0 Å². The van der Waals surface area contributed by atoms with E-state index in [1.807, 2.05) is 6.92 Å². The number of halogens is 2. The van der Waals surface area contributed by atoms with Gasteiger partial charge in [-0.1, -0.05) is 30.3 Å². The van der Waals surface area contributed by atoms with E-state index in [2.05, 4.69) is 11.9 Å². The molecule has 0 aliphatic carbocycles. The monoisotopic (exact) mass is 350 g/mol. The Balaban J connectivity index is 0.000000243. The number of carbonyl (C=O) groups is 1. The molecule has 0 saturated heterocycles. The summed E-state index contributed by atoms with van der Waals surface area (Å²) < 4.78 is 12.8. The first kappa shape index (κ1) is 19.5. The van der Waals surface area contributed by atoms with Gasteiger partial charge in [-0.15, -0.1) is 0 Å². The van der Waals surface area contributed by atoms with Crippen LogP contribution in [0.4, 0.5) is 4.39 Å².